The second-order valence-corrected chi connectivity index (χ2v) is 5.17. The third-order valence-corrected chi connectivity index (χ3v) is 3.36. The van der Waals surface area contributed by atoms with Crippen LogP contribution in [0.25, 0.3) is 0 Å². The van der Waals surface area contributed by atoms with Crippen LogP contribution in [0.15, 0.2) is 23.1 Å². The molecular weight excluding hydrogens is 252 g/mol. The summed E-state index contributed by atoms with van der Waals surface area (Å²) in [6, 6.07) is 2.91. The highest BCUT2D eigenvalue weighted by molar-refractivity contribution is 5.93. The molecule has 1 aromatic rings. The Kier molecular flexibility index (Phi) is 8.43. The number of pyridine rings is 1. The molecule has 0 fully saturated rings. The molecule has 4 heteroatoms. The fourth-order valence-electron chi connectivity index (χ4n) is 2.11. The topological polar surface area (TPSA) is 62.0 Å². The lowest BCUT2D eigenvalue weighted by atomic mass is 10.1. The number of carbonyl (C=O) groups is 1. The van der Waals surface area contributed by atoms with Gasteiger partial charge >= 0.3 is 0 Å². The monoisotopic (exact) mass is 278 g/mol. The molecule has 0 aliphatic carbocycles. The number of aromatic nitrogens is 1. The number of carbonyl (C=O) groups excluding carboxylic acids is 1. The molecule has 0 atom stereocenters. The zero-order chi connectivity index (χ0) is 14.6. The van der Waals surface area contributed by atoms with Gasteiger partial charge in [0.1, 0.15) is 0 Å². The van der Waals surface area contributed by atoms with E-state index in [0.717, 1.165) is 12.8 Å². The summed E-state index contributed by atoms with van der Waals surface area (Å²) in [6.07, 6.45) is 11.5. The van der Waals surface area contributed by atoms with Crippen LogP contribution in [0, 0.1) is 0 Å². The van der Waals surface area contributed by atoms with E-state index in [9.17, 15) is 9.59 Å². The lowest BCUT2D eigenvalue weighted by Gasteiger charge is -2.05. The zero-order valence-corrected chi connectivity index (χ0v) is 12.4. The van der Waals surface area contributed by atoms with Gasteiger partial charge in [-0.05, 0) is 12.5 Å². The average Bonchev–Trinajstić information content (AvgIpc) is 2.46. The zero-order valence-electron chi connectivity index (χ0n) is 12.4. The van der Waals surface area contributed by atoms with Crippen molar-refractivity contribution in [2.24, 2.45) is 0 Å². The van der Waals surface area contributed by atoms with Gasteiger partial charge in [0.15, 0.2) is 0 Å². The third-order valence-electron chi connectivity index (χ3n) is 3.36. The summed E-state index contributed by atoms with van der Waals surface area (Å²) in [5.41, 5.74) is 0.314. The van der Waals surface area contributed by atoms with E-state index in [0.29, 0.717) is 12.1 Å². The number of hydrogen-bond donors (Lipinski definition) is 2. The summed E-state index contributed by atoms with van der Waals surface area (Å²) in [7, 11) is 0. The maximum Gasteiger partial charge on any atom is 0.252 e. The van der Waals surface area contributed by atoms with E-state index in [-0.39, 0.29) is 11.5 Å². The highest BCUT2D eigenvalue weighted by Crippen LogP contribution is 2.07. The first kappa shape index (κ1) is 16.5. The molecule has 1 amide bonds. The van der Waals surface area contributed by atoms with Crippen LogP contribution in [0.3, 0.4) is 0 Å². The summed E-state index contributed by atoms with van der Waals surface area (Å²) >= 11 is 0. The Morgan fingerprint density at radius 3 is 2.30 bits per heavy atom. The fraction of sp³-hybridized carbons (Fsp3) is 0.625. The quantitative estimate of drug-likeness (QED) is 0.645. The van der Waals surface area contributed by atoms with Crippen molar-refractivity contribution < 1.29 is 4.79 Å². The van der Waals surface area contributed by atoms with Gasteiger partial charge in [0.25, 0.3) is 5.91 Å². The summed E-state index contributed by atoms with van der Waals surface area (Å²) in [5, 5.41) is 2.87. The van der Waals surface area contributed by atoms with E-state index in [4.69, 9.17) is 0 Å². The Balaban J connectivity index is 2.02. The van der Waals surface area contributed by atoms with E-state index in [1.54, 1.807) is 6.07 Å². The largest absolute Gasteiger partial charge is 0.352 e. The van der Waals surface area contributed by atoms with Crippen molar-refractivity contribution in [1.29, 1.82) is 0 Å². The number of rotatable bonds is 10. The number of nitrogens with one attached hydrogen (secondary N) is 2. The predicted molar refractivity (Wildman–Crippen MR) is 82.0 cm³/mol. The molecule has 112 valence electrons. The minimum Gasteiger partial charge on any atom is -0.352 e. The summed E-state index contributed by atoms with van der Waals surface area (Å²) in [4.78, 5) is 25.1. The summed E-state index contributed by atoms with van der Waals surface area (Å²) in [6.45, 7) is 2.93. The molecule has 0 radical (unpaired) electrons. The number of hydrogen-bond acceptors (Lipinski definition) is 2. The van der Waals surface area contributed by atoms with Crippen molar-refractivity contribution in [3.8, 4) is 0 Å². The van der Waals surface area contributed by atoms with Gasteiger partial charge in [0, 0.05) is 18.8 Å². The molecule has 1 heterocycles. The number of amides is 1. The Hall–Kier alpha value is -1.58. The molecule has 0 saturated heterocycles. The fourth-order valence-corrected chi connectivity index (χ4v) is 2.11. The molecule has 1 rings (SSSR count). The van der Waals surface area contributed by atoms with Gasteiger partial charge in [0.2, 0.25) is 5.56 Å². The van der Waals surface area contributed by atoms with Crippen LogP contribution < -0.4 is 10.9 Å². The minimum atomic E-state index is -0.190. The van der Waals surface area contributed by atoms with E-state index in [1.165, 1.54) is 50.8 Å². The van der Waals surface area contributed by atoms with Crippen LogP contribution in [0.4, 0.5) is 0 Å². The van der Waals surface area contributed by atoms with Crippen molar-refractivity contribution in [2.75, 3.05) is 6.54 Å². The standard InChI is InChI=1S/C16H26N2O2/c1-2-3-4-5-6-7-8-9-12-17-16(20)14-10-11-15(19)18-13-14/h10-11,13H,2-9,12H2,1H3,(H,17,20)(H,18,19). The highest BCUT2D eigenvalue weighted by Gasteiger charge is 2.03. The van der Waals surface area contributed by atoms with Gasteiger partial charge in [-0.15, -0.1) is 0 Å². The van der Waals surface area contributed by atoms with Gasteiger partial charge < -0.3 is 10.3 Å². The van der Waals surface area contributed by atoms with Gasteiger partial charge in [-0.1, -0.05) is 51.9 Å². The van der Waals surface area contributed by atoms with Crippen molar-refractivity contribution >= 4 is 5.91 Å². The first-order valence-electron chi connectivity index (χ1n) is 7.71. The first-order chi connectivity index (χ1) is 9.74. The molecule has 20 heavy (non-hydrogen) atoms. The van der Waals surface area contributed by atoms with Crippen molar-refractivity contribution in [3.63, 3.8) is 0 Å². The van der Waals surface area contributed by atoms with Gasteiger partial charge in [-0.2, -0.15) is 0 Å². The first-order valence-corrected chi connectivity index (χ1v) is 7.71. The van der Waals surface area contributed by atoms with E-state index in [2.05, 4.69) is 17.2 Å². The van der Waals surface area contributed by atoms with E-state index < -0.39 is 0 Å². The highest BCUT2D eigenvalue weighted by atomic mass is 16.1. The molecule has 0 bridgehead atoms. The third kappa shape index (κ3) is 7.12. The predicted octanol–water partition coefficient (Wildman–Crippen LogP) is 3.25. The molecular formula is C16H26N2O2. The number of H-pyrrole nitrogens is 1. The van der Waals surface area contributed by atoms with Crippen LogP contribution in [0.2, 0.25) is 0 Å². The van der Waals surface area contributed by atoms with Crippen LogP contribution in [0.5, 0.6) is 0 Å². The minimum absolute atomic E-state index is 0.121. The lowest BCUT2D eigenvalue weighted by Crippen LogP contribution is -2.25. The average molecular weight is 278 g/mol. The molecule has 0 aliphatic heterocycles. The van der Waals surface area contributed by atoms with Gasteiger partial charge in [0.05, 0.1) is 5.56 Å². The number of unbranched alkanes of at least 4 members (excludes halogenated alkanes) is 7. The molecule has 0 aliphatic rings. The van der Waals surface area contributed by atoms with E-state index in [1.807, 2.05) is 0 Å². The lowest BCUT2D eigenvalue weighted by molar-refractivity contribution is 0.0952. The Bertz CT molecular complexity index is 420. The summed E-state index contributed by atoms with van der Waals surface area (Å²) < 4.78 is 0. The van der Waals surface area contributed by atoms with Gasteiger partial charge in [-0.25, -0.2) is 0 Å². The van der Waals surface area contributed by atoms with Crippen LogP contribution in [0.1, 0.15) is 68.6 Å². The second-order valence-electron chi connectivity index (χ2n) is 5.17. The normalized spacial score (nSPS) is 10.4. The maximum atomic E-state index is 11.7. The smallest absolute Gasteiger partial charge is 0.252 e. The molecule has 4 nitrogen and oxygen atoms in total. The van der Waals surface area contributed by atoms with Crippen molar-refractivity contribution in [1.82, 2.24) is 10.3 Å². The molecule has 1 aromatic heterocycles. The van der Waals surface area contributed by atoms with Crippen LogP contribution >= 0.6 is 0 Å². The second kappa shape index (κ2) is 10.2. The molecule has 0 aromatic carbocycles. The maximum absolute atomic E-state index is 11.7. The molecule has 0 spiro atoms. The molecule has 2 N–H and O–H groups in total. The van der Waals surface area contributed by atoms with Crippen molar-refractivity contribution in [3.05, 3.63) is 34.2 Å². The van der Waals surface area contributed by atoms with Gasteiger partial charge in [-0.3, -0.25) is 9.59 Å². The summed E-state index contributed by atoms with van der Waals surface area (Å²) in [5.74, 6) is -0.121. The van der Waals surface area contributed by atoms with Crippen LogP contribution in [-0.2, 0) is 0 Å². The van der Waals surface area contributed by atoms with Crippen molar-refractivity contribution in [2.45, 2.75) is 58.3 Å². The Labute approximate surface area is 121 Å². The Morgan fingerprint density at radius 2 is 1.70 bits per heavy atom. The SMILES string of the molecule is CCCCCCCCCCNC(=O)c1ccc(=O)[nH]c1. The van der Waals surface area contributed by atoms with E-state index >= 15 is 0 Å². The van der Waals surface area contributed by atoms with Crippen LogP contribution in [-0.4, -0.2) is 17.4 Å². The Morgan fingerprint density at radius 1 is 1.05 bits per heavy atom. The molecule has 0 saturated carbocycles. The molecule has 0 unspecified atom stereocenters. The number of aromatic amines is 1.